The molecule has 3 fully saturated rings. The molecule has 0 amide bonds. The number of fused-ring (bicyclic) bond motifs is 5. The molecule has 0 bridgehead atoms. The number of aliphatic hydroxyl groups excluding tert-OH is 1. The zero-order valence-corrected chi connectivity index (χ0v) is 20.7. The normalized spacial score (nSPS) is 43.3. The van der Waals surface area contributed by atoms with Crippen LogP contribution in [0.2, 0.25) is 0 Å². The highest BCUT2D eigenvalue weighted by Gasteiger charge is 2.56. The summed E-state index contributed by atoms with van der Waals surface area (Å²) in [5.41, 5.74) is 5.66. The van der Waals surface area contributed by atoms with Crippen LogP contribution in [0, 0.1) is 46.3 Å². The molecular formula is C29H46O. The van der Waals surface area contributed by atoms with Crippen molar-refractivity contribution in [2.75, 3.05) is 0 Å². The Morgan fingerprint density at radius 2 is 1.73 bits per heavy atom. The average Bonchev–Trinajstić information content (AvgIpc) is 3.05. The Labute approximate surface area is 186 Å². The highest BCUT2D eigenvalue weighted by Crippen LogP contribution is 2.66. The summed E-state index contributed by atoms with van der Waals surface area (Å²) in [5.74, 6) is 4.37. The molecule has 0 heterocycles. The molecule has 8 atom stereocenters. The number of aliphatic hydroxyl groups is 1. The average molecular weight is 411 g/mol. The van der Waals surface area contributed by atoms with Crippen LogP contribution in [0.3, 0.4) is 0 Å². The van der Waals surface area contributed by atoms with Crippen molar-refractivity contribution >= 4 is 0 Å². The molecule has 8 unspecified atom stereocenters. The Hall–Kier alpha value is -0.820. The maximum Gasteiger partial charge on any atom is 0.0578 e. The Bertz CT molecular complexity index is 754. The summed E-state index contributed by atoms with van der Waals surface area (Å²) < 4.78 is 0. The summed E-state index contributed by atoms with van der Waals surface area (Å²) in [6.07, 6.45) is 16.0. The van der Waals surface area contributed by atoms with Crippen LogP contribution in [0.25, 0.3) is 0 Å². The Balaban J connectivity index is 1.59. The lowest BCUT2D eigenvalue weighted by molar-refractivity contribution is 0.0382. The van der Waals surface area contributed by atoms with Gasteiger partial charge in [-0.2, -0.15) is 0 Å². The van der Waals surface area contributed by atoms with Crippen LogP contribution >= 0.6 is 0 Å². The van der Waals surface area contributed by atoms with Gasteiger partial charge in [0.1, 0.15) is 0 Å². The van der Waals surface area contributed by atoms with E-state index in [1.807, 2.05) is 0 Å². The van der Waals surface area contributed by atoms with Crippen molar-refractivity contribution in [1.29, 1.82) is 0 Å². The molecule has 0 aromatic carbocycles. The number of allylic oxidation sites excluding steroid dienone is 5. The first-order valence-electron chi connectivity index (χ1n) is 12.9. The lowest BCUT2D eigenvalue weighted by Crippen LogP contribution is -2.46. The molecule has 0 spiro atoms. The molecule has 3 saturated carbocycles. The van der Waals surface area contributed by atoms with E-state index in [0.717, 1.165) is 36.5 Å². The van der Waals surface area contributed by atoms with Crippen molar-refractivity contribution in [2.45, 2.75) is 99.5 Å². The number of rotatable bonds is 4. The van der Waals surface area contributed by atoms with Crippen LogP contribution < -0.4 is 0 Å². The van der Waals surface area contributed by atoms with Gasteiger partial charge >= 0.3 is 0 Å². The second kappa shape index (κ2) is 7.95. The molecule has 4 aliphatic carbocycles. The van der Waals surface area contributed by atoms with Crippen LogP contribution in [0.1, 0.15) is 93.4 Å². The first kappa shape index (κ1) is 22.4. The SMILES string of the molecule is C/C(=C\C(C)C1CCC2C3=CC=C4CC(O)CCC4(C)C3CCC21C)C(C)C(C)C. The van der Waals surface area contributed by atoms with Crippen LogP contribution in [-0.2, 0) is 0 Å². The Kier molecular flexibility index (Phi) is 5.93. The lowest BCUT2D eigenvalue weighted by atomic mass is 9.50. The third-order valence-electron chi connectivity index (χ3n) is 10.5. The summed E-state index contributed by atoms with van der Waals surface area (Å²) in [7, 11) is 0. The minimum Gasteiger partial charge on any atom is -0.393 e. The summed E-state index contributed by atoms with van der Waals surface area (Å²) in [6.45, 7) is 17.1. The van der Waals surface area contributed by atoms with Crippen LogP contribution in [-0.4, -0.2) is 11.2 Å². The van der Waals surface area contributed by atoms with Gasteiger partial charge in [0.2, 0.25) is 0 Å². The van der Waals surface area contributed by atoms with Gasteiger partial charge < -0.3 is 5.11 Å². The largest absolute Gasteiger partial charge is 0.393 e. The van der Waals surface area contributed by atoms with Crippen molar-refractivity contribution in [3.05, 3.63) is 34.9 Å². The third-order valence-corrected chi connectivity index (χ3v) is 10.5. The molecule has 1 heteroatoms. The molecule has 168 valence electrons. The van der Waals surface area contributed by atoms with Gasteiger partial charge in [-0.25, -0.2) is 0 Å². The van der Waals surface area contributed by atoms with Crippen LogP contribution in [0.4, 0.5) is 0 Å². The fourth-order valence-electron chi connectivity index (χ4n) is 8.10. The zero-order valence-electron chi connectivity index (χ0n) is 20.7. The van der Waals surface area contributed by atoms with Gasteiger partial charge in [0.05, 0.1) is 6.10 Å². The van der Waals surface area contributed by atoms with Crippen molar-refractivity contribution in [1.82, 2.24) is 0 Å². The summed E-state index contributed by atoms with van der Waals surface area (Å²) in [6, 6.07) is 0. The van der Waals surface area contributed by atoms with Gasteiger partial charge in [-0.3, -0.25) is 0 Å². The monoisotopic (exact) mass is 410 g/mol. The van der Waals surface area contributed by atoms with Crippen LogP contribution in [0.15, 0.2) is 34.9 Å². The predicted octanol–water partition coefficient (Wildman–Crippen LogP) is 7.72. The number of hydrogen-bond donors (Lipinski definition) is 1. The fourth-order valence-corrected chi connectivity index (χ4v) is 8.10. The second-order valence-corrected chi connectivity index (χ2v) is 12.3. The van der Waals surface area contributed by atoms with Crippen LogP contribution in [0.5, 0.6) is 0 Å². The molecule has 4 aliphatic rings. The van der Waals surface area contributed by atoms with E-state index in [2.05, 4.69) is 66.7 Å². The summed E-state index contributed by atoms with van der Waals surface area (Å²) in [5, 5.41) is 10.2. The molecule has 0 radical (unpaired) electrons. The van der Waals surface area contributed by atoms with E-state index in [1.54, 1.807) is 11.1 Å². The maximum atomic E-state index is 10.2. The van der Waals surface area contributed by atoms with Gasteiger partial charge in [-0.05, 0) is 98.2 Å². The first-order chi connectivity index (χ1) is 14.1. The molecule has 0 aromatic heterocycles. The lowest BCUT2D eigenvalue weighted by Gasteiger charge is -2.55. The van der Waals surface area contributed by atoms with E-state index in [-0.39, 0.29) is 6.10 Å². The fraction of sp³-hybridized carbons (Fsp3) is 0.793. The summed E-state index contributed by atoms with van der Waals surface area (Å²) >= 11 is 0. The van der Waals surface area contributed by atoms with E-state index in [4.69, 9.17) is 0 Å². The Morgan fingerprint density at radius 1 is 1.00 bits per heavy atom. The topological polar surface area (TPSA) is 20.2 Å². The van der Waals surface area contributed by atoms with Crippen molar-refractivity contribution in [3.63, 3.8) is 0 Å². The Morgan fingerprint density at radius 3 is 2.43 bits per heavy atom. The number of hydrogen-bond acceptors (Lipinski definition) is 1. The zero-order chi connectivity index (χ0) is 21.8. The third kappa shape index (κ3) is 3.48. The molecule has 30 heavy (non-hydrogen) atoms. The smallest absolute Gasteiger partial charge is 0.0578 e. The van der Waals surface area contributed by atoms with E-state index in [9.17, 15) is 5.11 Å². The molecule has 1 nitrogen and oxygen atoms in total. The van der Waals surface area contributed by atoms with Crippen molar-refractivity contribution < 1.29 is 5.11 Å². The predicted molar refractivity (Wildman–Crippen MR) is 128 cm³/mol. The molecule has 0 aliphatic heterocycles. The summed E-state index contributed by atoms with van der Waals surface area (Å²) in [4.78, 5) is 0. The highest BCUT2D eigenvalue weighted by molar-refractivity contribution is 5.39. The molecule has 1 N–H and O–H groups in total. The molecular weight excluding hydrogens is 364 g/mol. The van der Waals surface area contributed by atoms with Gasteiger partial charge in [-0.1, -0.05) is 76.5 Å². The quantitative estimate of drug-likeness (QED) is 0.470. The molecule has 0 aromatic rings. The minimum absolute atomic E-state index is 0.118. The van der Waals surface area contributed by atoms with Gasteiger partial charge in [-0.15, -0.1) is 0 Å². The van der Waals surface area contributed by atoms with Gasteiger partial charge in [0.15, 0.2) is 0 Å². The van der Waals surface area contributed by atoms with E-state index < -0.39 is 0 Å². The van der Waals surface area contributed by atoms with E-state index in [1.165, 1.54) is 37.7 Å². The van der Waals surface area contributed by atoms with Crippen molar-refractivity contribution in [3.8, 4) is 0 Å². The van der Waals surface area contributed by atoms with Gasteiger partial charge in [0, 0.05) is 0 Å². The second-order valence-electron chi connectivity index (χ2n) is 12.3. The van der Waals surface area contributed by atoms with Gasteiger partial charge in [0.25, 0.3) is 0 Å². The highest BCUT2D eigenvalue weighted by atomic mass is 16.3. The standard InChI is InChI=1S/C29H46O/c1-18(2)21(5)19(3)16-20(4)25-10-11-26-24-9-8-22-17-23(30)12-14-28(22,6)27(24)13-15-29(25,26)7/h8-9,16,18,20-21,23,25-27,30H,10-15,17H2,1-7H3/b19-16+. The minimum atomic E-state index is -0.118. The van der Waals surface area contributed by atoms with Crippen molar-refractivity contribution in [2.24, 2.45) is 46.3 Å². The maximum absolute atomic E-state index is 10.2. The first-order valence-corrected chi connectivity index (χ1v) is 12.9. The molecule has 0 saturated heterocycles. The van der Waals surface area contributed by atoms with E-state index in [0.29, 0.717) is 22.7 Å². The molecule has 4 rings (SSSR count). The van der Waals surface area contributed by atoms with E-state index >= 15 is 0 Å².